The Balaban J connectivity index is 0.000000244. The molecule has 3 nitrogen and oxygen atoms in total. The first-order chi connectivity index (χ1) is 14.3. The molecule has 2 aromatic rings. The van der Waals surface area contributed by atoms with Gasteiger partial charge in [0.15, 0.2) is 5.78 Å². The Hall–Kier alpha value is -2.26. The van der Waals surface area contributed by atoms with E-state index in [-0.39, 0.29) is 17.5 Å². The highest BCUT2D eigenvalue weighted by Gasteiger charge is 2.15. The first kappa shape index (κ1) is 25.8. The molecule has 1 saturated heterocycles. The second kappa shape index (κ2) is 13.9. The molecule has 0 spiro atoms. The Morgan fingerprint density at radius 3 is 1.83 bits per heavy atom. The van der Waals surface area contributed by atoms with Crippen LogP contribution in [0.25, 0.3) is 0 Å². The molecule has 1 aliphatic heterocycles. The number of carbonyl (C=O) groups is 2. The molecule has 1 heterocycles. The molecular weight excluding hydrogens is 372 g/mol. The molecule has 2 atom stereocenters. The molecule has 0 aromatic heterocycles. The maximum Gasteiger partial charge on any atom is 0.160 e. The molecule has 0 bridgehead atoms. The molecular formula is C27H38O3. The largest absolute Gasteiger partial charge is 0.379 e. The molecule has 1 fully saturated rings. The van der Waals surface area contributed by atoms with E-state index in [0.717, 1.165) is 25.0 Å². The minimum atomic E-state index is -0.199. The average Bonchev–Trinajstić information content (AvgIpc) is 3.25. The molecule has 0 aliphatic carbocycles. The summed E-state index contributed by atoms with van der Waals surface area (Å²) >= 11 is 0. The number of hydrogen-bond donors (Lipinski definition) is 0. The molecule has 0 radical (unpaired) electrons. The van der Waals surface area contributed by atoms with Crippen molar-refractivity contribution in [3.8, 4) is 0 Å². The number of ether oxygens (including phenoxy) is 1. The second-order valence-electron chi connectivity index (χ2n) is 7.82. The number of carbonyl (C=O) groups excluding carboxylic acids is 2. The summed E-state index contributed by atoms with van der Waals surface area (Å²) in [5.74, 6) is -0.109. The molecule has 3 heteroatoms. The van der Waals surface area contributed by atoms with Crippen molar-refractivity contribution >= 4 is 11.6 Å². The summed E-state index contributed by atoms with van der Waals surface area (Å²) < 4.78 is 5.15. The molecule has 2 unspecified atom stereocenters. The van der Waals surface area contributed by atoms with Crippen LogP contribution < -0.4 is 0 Å². The smallest absolute Gasteiger partial charge is 0.160 e. The van der Waals surface area contributed by atoms with Gasteiger partial charge in [0.2, 0.25) is 0 Å². The van der Waals surface area contributed by atoms with Crippen LogP contribution in [0.15, 0.2) is 48.5 Å². The maximum absolute atomic E-state index is 11.3. The van der Waals surface area contributed by atoms with Crippen LogP contribution >= 0.6 is 0 Å². The van der Waals surface area contributed by atoms with Crippen LogP contribution in [-0.4, -0.2) is 24.3 Å². The molecule has 164 valence electrons. The fourth-order valence-corrected chi connectivity index (χ4v) is 3.16. The SMILES string of the molecule is CC(=O)c1ccccc1C(C)C(C)=O.CC1CCCO1.CCc1ccc(CC)cc1. The van der Waals surface area contributed by atoms with Gasteiger partial charge in [-0.05, 0) is 63.1 Å². The van der Waals surface area contributed by atoms with E-state index >= 15 is 0 Å². The molecule has 3 rings (SSSR count). The van der Waals surface area contributed by atoms with E-state index in [1.807, 2.05) is 25.1 Å². The van der Waals surface area contributed by atoms with E-state index in [9.17, 15) is 9.59 Å². The number of Topliss-reactive ketones (excluding diaryl/α,β-unsaturated/α-hetero) is 2. The van der Waals surface area contributed by atoms with Gasteiger partial charge in [-0.15, -0.1) is 0 Å². The summed E-state index contributed by atoms with van der Waals surface area (Å²) in [5, 5.41) is 0. The van der Waals surface area contributed by atoms with Gasteiger partial charge in [0.1, 0.15) is 5.78 Å². The summed E-state index contributed by atoms with van der Waals surface area (Å²) in [7, 11) is 0. The maximum atomic E-state index is 11.3. The van der Waals surface area contributed by atoms with E-state index in [1.165, 1.54) is 30.9 Å². The number of benzene rings is 2. The van der Waals surface area contributed by atoms with Gasteiger partial charge < -0.3 is 4.74 Å². The zero-order chi connectivity index (χ0) is 22.5. The predicted octanol–water partition coefficient (Wildman–Crippen LogP) is 6.58. The van der Waals surface area contributed by atoms with Crippen LogP contribution in [0.2, 0.25) is 0 Å². The van der Waals surface area contributed by atoms with Gasteiger partial charge in [-0.1, -0.05) is 69.3 Å². The van der Waals surface area contributed by atoms with Gasteiger partial charge in [-0.3, -0.25) is 9.59 Å². The van der Waals surface area contributed by atoms with Gasteiger partial charge in [0.05, 0.1) is 6.10 Å². The third-order valence-electron chi connectivity index (χ3n) is 5.41. The molecule has 30 heavy (non-hydrogen) atoms. The van der Waals surface area contributed by atoms with Crippen molar-refractivity contribution in [1.29, 1.82) is 0 Å². The second-order valence-corrected chi connectivity index (χ2v) is 7.82. The van der Waals surface area contributed by atoms with Crippen molar-refractivity contribution in [3.63, 3.8) is 0 Å². The minimum absolute atomic E-state index is 0.00806. The van der Waals surface area contributed by atoms with Crippen LogP contribution in [0.3, 0.4) is 0 Å². The fourth-order valence-electron chi connectivity index (χ4n) is 3.16. The zero-order valence-corrected chi connectivity index (χ0v) is 19.5. The molecule has 2 aromatic carbocycles. The Kier molecular flexibility index (Phi) is 11.9. The summed E-state index contributed by atoms with van der Waals surface area (Å²) in [5.41, 5.74) is 4.33. The monoisotopic (exact) mass is 410 g/mol. The Morgan fingerprint density at radius 2 is 1.50 bits per heavy atom. The van der Waals surface area contributed by atoms with Crippen molar-refractivity contribution in [3.05, 3.63) is 70.8 Å². The highest BCUT2D eigenvalue weighted by atomic mass is 16.5. The Bertz CT molecular complexity index is 748. The lowest BCUT2D eigenvalue weighted by Crippen LogP contribution is -2.09. The van der Waals surface area contributed by atoms with Crippen molar-refractivity contribution in [2.24, 2.45) is 0 Å². The summed E-state index contributed by atoms with van der Waals surface area (Å²) in [6.07, 6.45) is 5.36. The number of hydrogen-bond acceptors (Lipinski definition) is 3. The highest BCUT2D eigenvalue weighted by molar-refractivity contribution is 5.97. The third-order valence-corrected chi connectivity index (χ3v) is 5.41. The average molecular weight is 411 g/mol. The lowest BCUT2D eigenvalue weighted by Gasteiger charge is -2.11. The van der Waals surface area contributed by atoms with Gasteiger partial charge in [-0.25, -0.2) is 0 Å². The van der Waals surface area contributed by atoms with Crippen LogP contribution in [0.1, 0.15) is 87.4 Å². The highest BCUT2D eigenvalue weighted by Crippen LogP contribution is 2.20. The normalized spacial score (nSPS) is 15.9. The van der Waals surface area contributed by atoms with Crippen LogP contribution in [0.4, 0.5) is 0 Å². The standard InChI is InChI=1S/C12H14O2.C10H14.C5H10O/c1-8(9(2)13)11-6-4-5-7-12(11)10(3)14;1-3-9-5-7-10(4-2)8-6-9;1-5-3-2-4-6-5/h4-8H,1-3H3;5-8H,3-4H2,1-2H3;5H,2-4H2,1H3. The van der Waals surface area contributed by atoms with Crippen LogP contribution in [0.5, 0.6) is 0 Å². The van der Waals surface area contributed by atoms with Crippen LogP contribution in [-0.2, 0) is 22.4 Å². The quantitative estimate of drug-likeness (QED) is 0.523. The lowest BCUT2D eigenvalue weighted by molar-refractivity contribution is -0.118. The zero-order valence-electron chi connectivity index (χ0n) is 19.5. The third kappa shape index (κ3) is 9.04. The predicted molar refractivity (Wildman–Crippen MR) is 125 cm³/mol. The summed E-state index contributed by atoms with van der Waals surface area (Å²) in [4.78, 5) is 22.5. The molecule has 0 saturated carbocycles. The van der Waals surface area contributed by atoms with E-state index in [2.05, 4.69) is 45.0 Å². The molecule has 0 N–H and O–H groups in total. The molecule has 0 amide bonds. The summed E-state index contributed by atoms with van der Waals surface area (Å²) in [6.45, 7) is 12.4. The fraction of sp³-hybridized carbons (Fsp3) is 0.481. The van der Waals surface area contributed by atoms with E-state index in [0.29, 0.717) is 11.7 Å². The first-order valence-electron chi connectivity index (χ1n) is 11.1. The van der Waals surface area contributed by atoms with Gasteiger partial charge in [0.25, 0.3) is 0 Å². The Morgan fingerprint density at radius 1 is 0.967 bits per heavy atom. The van der Waals surface area contributed by atoms with Gasteiger partial charge in [0, 0.05) is 18.1 Å². The number of aryl methyl sites for hydroxylation is 2. The number of ketones is 2. The van der Waals surface area contributed by atoms with Crippen molar-refractivity contribution in [2.75, 3.05) is 6.61 Å². The van der Waals surface area contributed by atoms with E-state index in [4.69, 9.17) is 4.74 Å². The van der Waals surface area contributed by atoms with Gasteiger partial charge in [-0.2, -0.15) is 0 Å². The minimum Gasteiger partial charge on any atom is -0.379 e. The van der Waals surface area contributed by atoms with Crippen molar-refractivity contribution in [2.45, 2.75) is 79.2 Å². The Labute approximate surface area is 182 Å². The summed E-state index contributed by atoms with van der Waals surface area (Å²) in [6, 6.07) is 16.1. The van der Waals surface area contributed by atoms with Crippen molar-refractivity contribution < 1.29 is 14.3 Å². The van der Waals surface area contributed by atoms with E-state index in [1.54, 1.807) is 13.0 Å². The molecule has 1 aliphatic rings. The first-order valence-corrected chi connectivity index (χ1v) is 11.1. The topological polar surface area (TPSA) is 43.4 Å². The number of rotatable bonds is 5. The lowest BCUT2D eigenvalue weighted by atomic mass is 9.91. The van der Waals surface area contributed by atoms with Crippen LogP contribution in [0, 0.1) is 0 Å². The van der Waals surface area contributed by atoms with E-state index < -0.39 is 0 Å². The van der Waals surface area contributed by atoms with Gasteiger partial charge >= 0.3 is 0 Å². The van der Waals surface area contributed by atoms with Crippen molar-refractivity contribution in [1.82, 2.24) is 0 Å².